The van der Waals surface area contributed by atoms with E-state index in [1.807, 2.05) is 0 Å². The molecule has 0 radical (unpaired) electrons. The third-order valence-electron chi connectivity index (χ3n) is 1.10. The molecule has 13 heavy (non-hydrogen) atoms. The summed E-state index contributed by atoms with van der Waals surface area (Å²) in [7, 11) is -3.74. The highest BCUT2D eigenvalue weighted by Gasteiger charge is 2.14. The molecule has 1 heterocycles. The van der Waals surface area contributed by atoms with Gasteiger partial charge < -0.3 is 9.52 Å². The summed E-state index contributed by atoms with van der Waals surface area (Å²) in [5.74, 6) is -2.13. The maximum Gasteiger partial charge on any atom is 0.357 e. The van der Waals surface area contributed by atoms with Crippen LogP contribution in [-0.4, -0.2) is 24.5 Å². The zero-order valence-electron chi connectivity index (χ0n) is 6.30. The lowest BCUT2D eigenvalue weighted by Gasteiger charge is -1.89. The molecule has 7 nitrogen and oxygen atoms in total. The van der Waals surface area contributed by atoms with Gasteiger partial charge in [0, 0.05) is 0 Å². The molecule has 0 fully saturated rings. The van der Waals surface area contributed by atoms with Gasteiger partial charge in [0.2, 0.25) is 15.9 Å². The molecule has 3 N–H and O–H groups in total. The van der Waals surface area contributed by atoms with Crippen molar-refractivity contribution in [3.8, 4) is 0 Å². The van der Waals surface area contributed by atoms with Crippen molar-refractivity contribution in [3.05, 3.63) is 17.8 Å². The molecule has 1 aromatic heterocycles. The van der Waals surface area contributed by atoms with Crippen LogP contribution in [0.3, 0.4) is 0 Å². The topological polar surface area (TPSA) is 123 Å². The number of carbonyl (C=O) groups is 1. The fraction of sp³-hybridized carbons (Fsp3) is 0.200. The number of nitrogens with two attached hydrogens (primary N) is 1. The Morgan fingerprint density at radius 1 is 1.69 bits per heavy atom. The summed E-state index contributed by atoms with van der Waals surface area (Å²) in [6.45, 7) is 0. The van der Waals surface area contributed by atoms with Gasteiger partial charge in [0.1, 0.15) is 12.0 Å². The lowest BCUT2D eigenvalue weighted by Crippen LogP contribution is -2.14. The van der Waals surface area contributed by atoms with Crippen molar-refractivity contribution in [1.82, 2.24) is 4.98 Å². The van der Waals surface area contributed by atoms with Crippen molar-refractivity contribution in [2.24, 2.45) is 5.14 Å². The quantitative estimate of drug-likeness (QED) is 0.664. The second-order valence-corrected chi connectivity index (χ2v) is 3.85. The highest BCUT2D eigenvalue weighted by atomic mass is 32.2. The van der Waals surface area contributed by atoms with Gasteiger partial charge >= 0.3 is 5.97 Å². The Kier molecular flexibility index (Phi) is 2.34. The number of nitrogens with zero attached hydrogens (tertiary/aromatic N) is 1. The van der Waals surface area contributed by atoms with Crippen LogP contribution in [0.5, 0.6) is 0 Å². The number of carboxylic acids is 1. The molecule has 0 aliphatic carbocycles. The van der Waals surface area contributed by atoms with E-state index in [1.54, 1.807) is 0 Å². The van der Waals surface area contributed by atoms with Crippen molar-refractivity contribution >= 4 is 16.0 Å². The van der Waals surface area contributed by atoms with E-state index < -0.39 is 21.7 Å². The van der Waals surface area contributed by atoms with Gasteiger partial charge in [0.25, 0.3) is 0 Å². The number of rotatable bonds is 3. The summed E-state index contributed by atoms with van der Waals surface area (Å²) in [6, 6.07) is 0. The molecule has 0 bridgehead atoms. The van der Waals surface area contributed by atoms with Gasteiger partial charge in [-0.15, -0.1) is 0 Å². The van der Waals surface area contributed by atoms with Crippen LogP contribution in [0.2, 0.25) is 0 Å². The van der Waals surface area contributed by atoms with Gasteiger partial charge in [0.05, 0.1) is 0 Å². The predicted octanol–water partition coefficient (Wildman–Crippen LogP) is -0.839. The van der Waals surface area contributed by atoms with Crippen LogP contribution in [0, 0.1) is 0 Å². The monoisotopic (exact) mass is 206 g/mol. The number of carboxylic acid groups (broad SMARTS) is 1. The van der Waals surface area contributed by atoms with Gasteiger partial charge in [0.15, 0.2) is 5.69 Å². The summed E-state index contributed by atoms with van der Waals surface area (Å²) in [5, 5.41) is 13.1. The number of sulfonamides is 1. The van der Waals surface area contributed by atoms with Crippen molar-refractivity contribution in [3.63, 3.8) is 0 Å². The SMILES string of the molecule is NS(=O)(=O)Cc1nc(C(=O)O)co1. The van der Waals surface area contributed by atoms with E-state index in [0.717, 1.165) is 6.26 Å². The van der Waals surface area contributed by atoms with Crippen LogP contribution in [0.1, 0.15) is 16.4 Å². The van der Waals surface area contributed by atoms with Crippen LogP contribution in [0.25, 0.3) is 0 Å². The first-order chi connectivity index (χ1) is 5.88. The molecule has 0 amide bonds. The van der Waals surface area contributed by atoms with E-state index in [4.69, 9.17) is 5.11 Å². The fourth-order valence-electron chi connectivity index (χ4n) is 0.648. The predicted molar refractivity (Wildman–Crippen MR) is 40.3 cm³/mol. The maximum absolute atomic E-state index is 10.5. The highest BCUT2D eigenvalue weighted by Crippen LogP contribution is 2.04. The number of oxazole rings is 1. The second-order valence-electron chi connectivity index (χ2n) is 2.24. The molecule has 0 aromatic carbocycles. The molecule has 1 rings (SSSR count). The number of primary sulfonamides is 1. The molecule has 0 saturated carbocycles. The molecule has 0 unspecified atom stereocenters. The molecule has 1 aromatic rings. The second kappa shape index (κ2) is 3.15. The first-order valence-electron chi connectivity index (χ1n) is 3.06. The number of hydrogen-bond acceptors (Lipinski definition) is 5. The molecule has 0 spiro atoms. The molecular weight excluding hydrogens is 200 g/mol. The van der Waals surface area contributed by atoms with E-state index in [-0.39, 0.29) is 11.6 Å². The van der Waals surface area contributed by atoms with Crippen LogP contribution in [0.4, 0.5) is 0 Å². The molecular formula is C5H6N2O5S. The Morgan fingerprint density at radius 3 is 2.69 bits per heavy atom. The summed E-state index contributed by atoms with van der Waals surface area (Å²) >= 11 is 0. The molecule has 0 saturated heterocycles. The van der Waals surface area contributed by atoms with Crippen molar-refractivity contribution in [1.29, 1.82) is 0 Å². The van der Waals surface area contributed by atoms with Crippen molar-refractivity contribution < 1.29 is 22.7 Å². The average Bonchev–Trinajstić information content (AvgIpc) is 2.31. The normalized spacial score (nSPS) is 11.5. The molecule has 72 valence electrons. The summed E-state index contributed by atoms with van der Waals surface area (Å²) < 4.78 is 25.6. The molecule has 0 aliphatic heterocycles. The number of aromatic carboxylic acids is 1. The zero-order valence-corrected chi connectivity index (χ0v) is 7.11. The van der Waals surface area contributed by atoms with E-state index in [2.05, 4.69) is 14.5 Å². The Hall–Kier alpha value is -1.41. The Bertz CT molecular complexity index is 420. The van der Waals surface area contributed by atoms with Crippen molar-refractivity contribution in [2.75, 3.05) is 0 Å². The van der Waals surface area contributed by atoms with Gasteiger partial charge in [-0.3, -0.25) is 0 Å². The van der Waals surface area contributed by atoms with E-state index in [1.165, 1.54) is 0 Å². The van der Waals surface area contributed by atoms with Crippen LogP contribution in [-0.2, 0) is 15.8 Å². The molecule has 8 heteroatoms. The minimum Gasteiger partial charge on any atom is -0.476 e. The van der Waals surface area contributed by atoms with Crippen LogP contribution < -0.4 is 5.14 Å². The van der Waals surface area contributed by atoms with E-state index >= 15 is 0 Å². The van der Waals surface area contributed by atoms with Crippen LogP contribution >= 0.6 is 0 Å². The Morgan fingerprint density at radius 2 is 2.31 bits per heavy atom. The van der Waals surface area contributed by atoms with Crippen molar-refractivity contribution in [2.45, 2.75) is 5.75 Å². The summed E-state index contributed by atoms with van der Waals surface area (Å²) in [4.78, 5) is 13.6. The van der Waals surface area contributed by atoms with Gasteiger partial charge in [-0.25, -0.2) is 23.3 Å². The zero-order chi connectivity index (χ0) is 10.1. The fourth-order valence-corrected chi connectivity index (χ4v) is 1.12. The first kappa shape index (κ1) is 9.68. The third-order valence-corrected chi connectivity index (χ3v) is 1.74. The minimum atomic E-state index is -3.74. The van der Waals surface area contributed by atoms with Crippen LogP contribution in [0.15, 0.2) is 10.7 Å². The Balaban J connectivity index is 2.87. The lowest BCUT2D eigenvalue weighted by molar-refractivity contribution is 0.0690. The van der Waals surface area contributed by atoms with Gasteiger partial charge in [-0.05, 0) is 0 Å². The average molecular weight is 206 g/mol. The number of aromatic nitrogens is 1. The van der Waals surface area contributed by atoms with E-state index in [9.17, 15) is 13.2 Å². The lowest BCUT2D eigenvalue weighted by atomic mass is 10.5. The first-order valence-corrected chi connectivity index (χ1v) is 4.78. The minimum absolute atomic E-state index is 0.236. The molecule has 0 atom stereocenters. The highest BCUT2D eigenvalue weighted by molar-refractivity contribution is 7.88. The summed E-state index contributed by atoms with van der Waals surface area (Å²) in [6.07, 6.45) is 0.850. The third kappa shape index (κ3) is 2.84. The standard InChI is InChI=1S/C5H6N2O5S/c6-13(10,11)2-4-7-3(1-12-4)5(8)9/h1H,2H2,(H,8,9)(H2,6,10,11). The maximum atomic E-state index is 10.5. The smallest absolute Gasteiger partial charge is 0.357 e. The molecule has 0 aliphatic rings. The Labute approximate surface area is 73.2 Å². The van der Waals surface area contributed by atoms with E-state index in [0.29, 0.717) is 0 Å². The largest absolute Gasteiger partial charge is 0.476 e. The summed E-state index contributed by atoms with van der Waals surface area (Å²) in [5.41, 5.74) is -0.348. The number of hydrogen-bond donors (Lipinski definition) is 2. The van der Waals surface area contributed by atoms with Gasteiger partial charge in [-0.2, -0.15) is 0 Å². The van der Waals surface area contributed by atoms with Gasteiger partial charge in [-0.1, -0.05) is 0 Å².